The fourth-order valence-corrected chi connectivity index (χ4v) is 3.47. The predicted octanol–water partition coefficient (Wildman–Crippen LogP) is 2.47. The molecule has 1 heterocycles. The van der Waals surface area contributed by atoms with Crippen molar-refractivity contribution < 1.29 is 14.4 Å². The Hall–Kier alpha value is -3.19. The lowest BCUT2D eigenvalue weighted by Crippen LogP contribution is -2.50. The van der Waals surface area contributed by atoms with Crippen molar-refractivity contribution in [3.8, 4) is 0 Å². The molecule has 0 aromatic heterocycles. The molecule has 1 aliphatic heterocycles. The van der Waals surface area contributed by atoms with Gasteiger partial charge in [-0.3, -0.25) is 15.0 Å². The molecule has 1 aliphatic rings. The van der Waals surface area contributed by atoms with Crippen molar-refractivity contribution in [2.24, 2.45) is 5.92 Å². The Balaban J connectivity index is 1.65. The van der Waals surface area contributed by atoms with Crippen molar-refractivity contribution >= 4 is 17.8 Å². The molecular weight excluding hydrogens is 368 g/mol. The quantitative estimate of drug-likeness (QED) is 0.629. The van der Waals surface area contributed by atoms with Crippen molar-refractivity contribution in [3.05, 3.63) is 71.8 Å². The molecule has 7 nitrogen and oxygen atoms in total. The Kier molecular flexibility index (Phi) is 5.98. The van der Waals surface area contributed by atoms with Crippen LogP contribution in [-0.4, -0.2) is 29.4 Å². The number of benzene rings is 2. The number of hydrazine groups is 1. The van der Waals surface area contributed by atoms with Gasteiger partial charge in [0.05, 0.1) is 6.54 Å². The standard InChI is InChI=1S/C22H26N4O3/c1-15(2)19(16-10-6-4-7-11-16)23-14-18(27)25-26-20(28)22(3,24-21(26)29)17-12-8-5-9-13-17/h4-13,15,19,23H,14H2,1-3H3,(H,24,29)(H,25,27)/t19-,22-/m1/s1. The average Bonchev–Trinajstić information content (AvgIpc) is 2.93. The van der Waals surface area contributed by atoms with Crippen LogP contribution in [0.15, 0.2) is 60.7 Å². The molecule has 3 N–H and O–H groups in total. The van der Waals surface area contributed by atoms with Crippen LogP contribution in [0, 0.1) is 5.92 Å². The zero-order valence-corrected chi connectivity index (χ0v) is 16.8. The summed E-state index contributed by atoms with van der Waals surface area (Å²) in [5, 5.41) is 6.63. The summed E-state index contributed by atoms with van der Waals surface area (Å²) in [7, 11) is 0. The van der Waals surface area contributed by atoms with Crippen LogP contribution in [-0.2, 0) is 15.1 Å². The van der Waals surface area contributed by atoms with E-state index in [0.717, 1.165) is 10.6 Å². The van der Waals surface area contributed by atoms with Gasteiger partial charge < -0.3 is 10.6 Å². The minimum Gasteiger partial charge on any atom is -0.318 e. The number of carbonyl (C=O) groups excluding carboxylic acids is 3. The first-order chi connectivity index (χ1) is 13.8. The fourth-order valence-electron chi connectivity index (χ4n) is 3.47. The number of rotatable bonds is 7. The first-order valence-corrected chi connectivity index (χ1v) is 9.63. The Morgan fingerprint density at radius 2 is 1.62 bits per heavy atom. The van der Waals surface area contributed by atoms with E-state index >= 15 is 0 Å². The summed E-state index contributed by atoms with van der Waals surface area (Å²) in [4.78, 5) is 37.6. The summed E-state index contributed by atoms with van der Waals surface area (Å²) in [6, 6.07) is 18.1. The van der Waals surface area contributed by atoms with Crippen LogP contribution in [0.2, 0.25) is 0 Å². The van der Waals surface area contributed by atoms with Gasteiger partial charge in [-0.2, -0.15) is 5.01 Å². The first-order valence-electron chi connectivity index (χ1n) is 9.63. The van der Waals surface area contributed by atoms with Gasteiger partial charge in [-0.1, -0.05) is 74.5 Å². The molecular formula is C22H26N4O3. The number of carbonyl (C=O) groups is 3. The maximum Gasteiger partial charge on any atom is 0.344 e. The monoisotopic (exact) mass is 394 g/mol. The molecule has 3 rings (SSSR count). The molecule has 0 unspecified atom stereocenters. The Labute approximate surface area is 170 Å². The highest BCUT2D eigenvalue weighted by molar-refractivity contribution is 6.08. The number of nitrogens with zero attached hydrogens (tertiary/aromatic N) is 1. The van der Waals surface area contributed by atoms with Gasteiger partial charge >= 0.3 is 6.03 Å². The molecule has 0 radical (unpaired) electrons. The van der Waals surface area contributed by atoms with Crippen LogP contribution in [0.4, 0.5) is 4.79 Å². The lowest BCUT2D eigenvalue weighted by molar-refractivity contribution is -0.138. The molecule has 2 aromatic rings. The largest absolute Gasteiger partial charge is 0.344 e. The summed E-state index contributed by atoms with van der Waals surface area (Å²) >= 11 is 0. The maximum absolute atomic E-state index is 12.8. The molecule has 29 heavy (non-hydrogen) atoms. The molecule has 1 fully saturated rings. The summed E-state index contributed by atoms with van der Waals surface area (Å²) < 4.78 is 0. The maximum atomic E-state index is 12.8. The van der Waals surface area contributed by atoms with Crippen molar-refractivity contribution in [2.45, 2.75) is 32.4 Å². The lowest BCUT2D eigenvalue weighted by Gasteiger charge is -2.24. The van der Waals surface area contributed by atoms with E-state index in [1.54, 1.807) is 31.2 Å². The van der Waals surface area contributed by atoms with E-state index in [4.69, 9.17) is 0 Å². The van der Waals surface area contributed by atoms with E-state index < -0.39 is 23.4 Å². The minimum absolute atomic E-state index is 0.0281. The van der Waals surface area contributed by atoms with Crippen LogP contribution in [0.1, 0.15) is 37.9 Å². The number of nitrogens with one attached hydrogen (secondary N) is 3. The van der Waals surface area contributed by atoms with E-state index in [1.165, 1.54) is 0 Å². The highest BCUT2D eigenvalue weighted by atomic mass is 16.2. The highest BCUT2D eigenvalue weighted by Crippen LogP contribution is 2.27. The normalized spacial score (nSPS) is 19.9. The third-order valence-electron chi connectivity index (χ3n) is 5.09. The van der Waals surface area contributed by atoms with E-state index in [-0.39, 0.29) is 18.5 Å². The Morgan fingerprint density at radius 1 is 1.03 bits per heavy atom. The fraction of sp³-hybridized carbons (Fsp3) is 0.318. The van der Waals surface area contributed by atoms with E-state index in [1.807, 2.05) is 36.4 Å². The van der Waals surface area contributed by atoms with Gasteiger partial charge in [0, 0.05) is 6.04 Å². The molecule has 2 aromatic carbocycles. The zero-order valence-electron chi connectivity index (χ0n) is 16.8. The van der Waals surface area contributed by atoms with Crippen molar-refractivity contribution in [3.63, 3.8) is 0 Å². The number of urea groups is 1. The van der Waals surface area contributed by atoms with Gasteiger partial charge in [0.1, 0.15) is 5.54 Å². The van der Waals surface area contributed by atoms with Gasteiger partial charge in [0.25, 0.3) is 11.8 Å². The van der Waals surface area contributed by atoms with E-state index in [0.29, 0.717) is 5.56 Å². The second kappa shape index (κ2) is 8.45. The smallest absolute Gasteiger partial charge is 0.318 e. The summed E-state index contributed by atoms with van der Waals surface area (Å²) in [6.07, 6.45) is 0. The minimum atomic E-state index is -1.22. The number of amides is 4. The van der Waals surface area contributed by atoms with Crippen molar-refractivity contribution in [1.82, 2.24) is 21.1 Å². The van der Waals surface area contributed by atoms with E-state index in [2.05, 4.69) is 29.9 Å². The van der Waals surface area contributed by atoms with Gasteiger partial charge in [-0.25, -0.2) is 4.79 Å². The molecule has 7 heteroatoms. The summed E-state index contributed by atoms with van der Waals surface area (Å²) in [5.41, 5.74) is 2.92. The first kappa shape index (κ1) is 20.5. The van der Waals surface area contributed by atoms with Crippen LogP contribution < -0.4 is 16.1 Å². The molecule has 2 atom stereocenters. The van der Waals surface area contributed by atoms with Gasteiger partial charge in [-0.15, -0.1) is 0 Å². The van der Waals surface area contributed by atoms with Gasteiger partial charge in [-0.05, 0) is 24.0 Å². The van der Waals surface area contributed by atoms with Crippen LogP contribution in [0.5, 0.6) is 0 Å². The summed E-state index contributed by atoms with van der Waals surface area (Å²) in [5.74, 6) is -0.735. The number of imide groups is 1. The molecule has 152 valence electrons. The molecule has 0 aliphatic carbocycles. The van der Waals surface area contributed by atoms with Crippen LogP contribution >= 0.6 is 0 Å². The van der Waals surface area contributed by atoms with Crippen molar-refractivity contribution in [1.29, 1.82) is 0 Å². The van der Waals surface area contributed by atoms with Crippen LogP contribution in [0.3, 0.4) is 0 Å². The third kappa shape index (κ3) is 4.30. The van der Waals surface area contributed by atoms with Crippen LogP contribution in [0.25, 0.3) is 0 Å². The van der Waals surface area contributed by atoms with Crippen molar-refractivity contribution in [2.75, 3.05) is 6.54 Å². The summed E-state index contributed by atoms with van der Waals surface area (Å²) in [6.45, 7) is 5.71. The average molecular weight is 394 g/mol. The molecule has 4 amide bonds. The number of hydrogen-bond acceptors (Lipinski definition) is 4. The van der Waals surface area contributed by atoms with Gasteiger partial charge in [0.2, 0.25) is 0 Å². The lowest BCUT2D eigenvalue weighted by atomic mass is 9.92. The van der Waals surface area contributed by atoms with Gasteiger partial charge in [0.15, 0.2) is 0 Å². The molecule has 0 spiro atoms. The Morgan fingerprint density at radius 3 is 2.21 bits per heavy atom. The zero-order chi connectivity index (χ0) is 21.0. The second-order valence-corrected chi connectivity index (χ2v) is 7.61. The SMILES string of the molecule is CC(C)[C@@H](NCC(=O)NN1C(=O)N[C@](C)(c2ccccc2)C1=O)c1ccccc1. The molecule has 1 saturated heterocycles. The van der Waals surface area contributed by atoms with E-state index in [9.17, 15) is 14.4 Å². The number of hydrogen-bond donors (Lipinski definition) is 3. The highest BCUT2D eigenvalue weighted by Gasteiger charge is 2.49. The predicted molar refractivity (Wildman–Crippen MR) is 109 cm³/mol. The molecule has 0 saturated carbocycles. The third-order valence-corrected chi connectivity index (χ3v) is 5.09. The molecule has 0 bridgehead atoms. The Bertz CT molecular complexity index is 885. The second-order valence-electron chi connectivity index (χ2n) is 7.61. The topological polar surface area (TPSA) is 90.5 Å².